The minimum absolute atomic E-state index is 0.00908. The molecule has 0 radical (unpaired) electrons. The number of amides is 4. The molecule has 1 heterocycles. The van der Waals surface area contributed by atoms with Crippen molar-refractivity contribution in [3.63, 3.8) is 0 Å². The molecule has 1 fully saturated rings. The Labute approximate surface area is 146 Å². The van der Waals surface area contributed by atoms with Gasteiger partial charge in [0.05, 0.1) is 0 Å². The van der Waals surface area contributed by atoms with E-state index < -0.39 is 42.4 Å². The molecule has 26 heavy (non-hydrogen) atoms. The molecular weight excluding hydrogens is 355 g/mol. The molecule has 2 N–H and O–H groups in total. The third-order valence-electron chi connectivity index (χ3n) is 3.72. The maximum Gasteiger partial charge on any atom is 0.405 e. The molecule has 2 rings (SSSR count). The molecular formula is C16H16F3N3O4. The second-order valence-corrected chi connectivity index (χ2v) is 5.70. The lowest BCUT2D eigenvalue weighted by Gasteiger charge is -2.21. The van der Waals surface area contributed by atoms with Crippen LogP contribution in [-0.2, 0) is 14.4 Å². The molecule has 0 aromatic heterocycles. The summed E-state index contributed by atoms with van der Waals surface area (Å²) in [6, 6.07) is 4.17. The van der Waals surface area contributed by atoms with Gasteiger partial charge in [0.1, 0.15) is 12.6 Å². The molecule has 140 valence electrons. The number of imide groups is 1. The van der Waals surface area contributed by atoms with Gasteiger partial charge in [-0.05, 0) is 31.2 Å². The number of anilines is 1. The molecule has 4 amide bonds. The van der Waals surface area contributed by atoms with E-state index >= 15 is 0 Å². The SMILES string of the molecule is C[C@@H](C(=O)Nc1ccc(C(=O)NCC(F)(F)F)cc1)N1C(=O)CCC1=O. The molecule has 7 nitrogen and oxygen atoms in total. The zero-order valence-electron chi connectivity index (χ0n) is 13.7. The van der Waals surface area contributed by atoms with Gasteiger partial charge in [-0.2, -0.15) is 13.2 Å². The van der Waals surface area contributed by atoms with E-state index in [2.05, 4.69) is 5.32 Å². The molecule has 0 spiro atoms. The van der Waals surface area contributed by atoms with E-state index in [9.17, 15) is 32.3 Å². The Morgan fingerprint density at radius 2 is 1.65 bits per heavy atom. The Morgan fingerprint density at radius 3 is 2.15 bits per heavy atom. The van der Waals surface area contributed by atoms with E-state index in [0.29, 0.717) is 0 Å². The minimum Gasteiger partial charge on any atom is -0.343 e. The van der Waals surface area contributed by atoms with E-state index in [1.165, 1.54) is 31.2 Å². The summed E-state index contributed by atoms with van der Waals surface area (Å²) in [5.41, 5.74) is 0.263. The molecule has 1 aliphatic heterocycles. The van der Waals surface area contributed by atoms with Crippen molar-refractivity contribution in [1.29, 1.82) is 0 Å². The summed E-state index contributed by atoms with van der Waals surface area (Å²) in [6.45, 7) is -0.0326. The highest BCUT2D eigenvalue weighted by molar-refractivity contribution is 6.07. The summed E-state index contributed by atoms with van der Waals surface area (Å²) >= 11 is 0. The summed E-state index contributed by atoms with van der Waals surface area (Å²) in [5, 5.41) is 4.22. The van der Waals surface area contributed by atoms with Crippen molar-refractivity contribution < 1.29 is 32.3 Å². The number of rotatable bonds is 5. The normalized spacial score (nSPS) is 15.8. The monoisotopic (exact) mass is 371 g/mol. The van der Waals surface area contributed by atoms with Crippen molar-refractivity contribution in [3.05, 3.63) is 29.8 Å². The fraction of sp³-hybridized carbons (Fsp3) is 0.375. The highest BCUT2D eigenvalue weighted by Gasteiger charge is 2.36. The van der Waals surface area contributed by atoms with Gasteiger partial charge in [-0.15, -0.1) is 0 Å². The molecule has 1 atom stereocenters. The number of hydrogen-bond donors (Lipinski definition) is 2. The number of nitrogens with zero attached hydrogens (tertiary/aromatic N) is 1. The second-order valence-electron chi connectivity index (χ2n) is 5.70. The summed E-state index contributed by atoms with van der Waals surface area (Å²) in [7, 11) is 0. The standard InChI is InChI=1S/C16H16F3N3O4/c1-9(22-12(23)6-7-13(22)24)14(25)21-11-4-2-10(3-5-11)15(26)20-8-16(17,18)19/h2-5,9H,6-8H2,1H3,(H,20,26)(H,21,25)/t9-/m0/s1. The van der Waals surface area contributed by atoms with Gasteiger partial charge in [-0.1, -0.05) is 0 Å². The molecule has 1 aromatic carbocycles. The van der Waals surface area contributed by atoms with Crippen molar-refractivity contribution in [1.82, 2.24) is 10.2 Å². The molecule has 1 saturated heterocycles. The summed E-state index contributed by atoms with van der Waals surface area (Å²) in [5.74, 6) is -2.34. The van der Waals surface area contributed by atoms with Gasteiger partial charge in [-0.3, -0.25) is 24.1 Å². The molecule has 0 saturated carbocycles. The first kappa shape index (κ1) is 19.4. The molecule has 0 unspecified atom stereocenters. The smallest absolute Gasteiger partial charge is 0.343 e. The Balaban J connectivity index is 1.96. The Hall–Kier alpha value is -2.91. The van der Waals surface area contributed by atoms with E-state index in [4.69, 9.17) is 0 Å². The van der Waals surface area contributed by atoms with Crippen LogP contribution in [0.1, 0.15) is 30.1 Å². The maximum absolute atomic E-state index is 12.2. The number of halogens is 3. The minimum atomic E-state index is -4.51. The number of likely N-dealkylation sites (tertiary alicyclic amines) is 1. The number of carbonyl (C=O) groups is 4. The van der Waals surface area contributed by atoms with Crippen LogP contribution in [0.4, 0.5) is 18.9 Å². The van der Waals surface area contributed by atoms with Gasteiger partial charge in [-0.25, -0.2) is 0 Å². The Kier molecular flexibility index (Phi) is 5.63. The first-order valence-corrected chi connectivity index (χ1v) is 7.69. The summed E-state index contributed by atoms with van der Waals surface area (Å²) in [4.78, 5) is 47.9. The highest BCUT2D eigenvalue weighted by atomic mass is 19.4. The second kappa shape index (κ2) is 7.54. The van der Waals surface area contributed by atoms with Crippen LogP contribution in [0.3, 0.4) is 0 Å². The molecule has 0 aliphatic carbocycles. The predicted molar refractivity (Wildman–Crippen MR) is 84.0 cm³/mol. The maximum atomic E-state index is 12.2. The zero-order valence-corrected chi connectivity index (χ0v) is 13.7. The van der Waals surface area contributed by atoms with Crippen molar-refractivity contribution in [3.8, 4) is 0 Å². The van der Waals surface area contributed by atoms with Crippen LogP contribution in [0.25, 0.3) is 0 Å². The fourth-order valence-corrected chi connectivity index (χ4v) is 2.38. The third-order valence-corrected chi connectivity index (χ3v) is 3.72. The van der Waals surface area contributed by atoms with E-state index in [1.807, 2.05) is 0 Å². The number of benzene rings is 1. The van der Waals surface area contributed by atoms with Crippen LogP contribution in [0, 0.1) is 0 Å². The number of hydrogen-bond acceptors (Lipinski definition) is 4. The van der Waals surface area contributed by atoms with Gasteiger partial charge in [0.25, 0.3) is 5.91 Å². The molecule has 10 heteroatoms. The van der Waals surface area contributed by atoms with Crippen molar-refractivity contribution >= 4 is 29.3 Å². The topological polar surface area (TPSA) is 95.6 Å². The first-order valence-electron chi connectivity index (χ1n) is 7.69. The van der Waals surface area contributed by atoms with Gasteiger partial charge in [0.2, 0.25) is 17.7 Å². The quantitative estimate of drug-likeness (QED) is 0.766. The zero-order chi connectivity index (χ0) is 19.5. The lowest BCUT2D eigenvalue weighted by molar-refractivity contribution is -0.144. The van der Waals surface area contributed by atoms with Crippen molar-refractivity contribution in [2.75, 3.05) is 11.9 Å². The summed E-state index contributed by atoms with van der Waals surface area (Å²) in [6.07, 6.45) is -4.37. The van der Waals surface area contributed by atoms with Crippen LogP contribution < -0.4 is 10.6 Å². The van der Waals surface area contributed by atoms with E-state index in [-0.39, 0.29) is 24.1 Å². The molecule has 1 aromatic rings. The molecule has 1 aliphatic rings. The van der Waals surface area contributed by atoms with Gasteiger partial charge in [0.15, 0.2) is 0 Å². The molecule has 0 bridgehead atoms. The number of carbonyl (C=O) groups excluding carboxylic acids is 4. The van der Waals surface area contributed by atoms with E-state index in [0.717, 1.165) is 4.90 Å². The number of nitrogens with one attached hydrogen (secondary N) is 2. The lowest BCUT2D eigenvalue weighted by atomic mass is 10.2. The van der Waals surface area contributed by atoms with Gasteiger partial charge >= 0.3 is 6.18 Å². The van der Waals surface area contributed by atoms with Crippen LogP contribution in [0.2, 0.25) is 0 Å². The Morgan fingerprint density at radius 1 is 1.12 bits per heavy atom. The van der Waals surface area contributed by atoms with Gasteiger partial charge < -0.3 is 10.6 Å². The van der Waals surface area contributed by atoms with Crippen LogP contribution in [0.5, 0.6) is 0 Å². The van der Waals surface area contributed by atoms with Crippen LogP contribution >= 0.6 is 0 Å². The van der Waals surface area contributed by atoms with Crippen LogP contribution in [-0.4, -0.2) is 47.3 Å². The average Bonchev–Trinajstić information content (AvgIpc) is 2.90. The van der Waals surface area contributed by atoms with Crippen LogP contribution in [0.15, 0.2) is 24.3 Å². The van der Waals surface area contributed by atoms with Gasteiger partial charge in [0, 0.05) is 24.1 Å². The fourth-order valence-electron chi connectivity index (χ4n) is 2.38. The lowest BCUT2D eigenvalue weighted by Crippen LogP contribution is -2.44. The largest absolute Gasteiger partial charge is 0.405 e. The first-order chi connectivity index (χ1) is 12.1. The number of alkyl halides is 3. The van der Waals surface area contributed by atoms with Crippen molar-refractivity contribution in [2.24, 2.45) is 0 Å². The average molecular weight is 371 g/mol. The highest BCUT2D eigenvalue weighted by Crippen LogP contribution is 2.17. The van der Waals surface area contributed by atoms with E-state index in [1.54, 1.807) is 5.32 Å². The Bertz CT molecular complexity index is 715. The summed E-state index contributed by atoms with van der Waals surface area (Å²) < 4.78 is 36.3. The van der Waals surface area contributed by atoms with Crippen molar-refractivity contribution in [2.45, 2.75) is 32.0 Å². The predicted octanol–water partition coefficient (Wildman–Crippen LogP) is 1.45. The third kappa shape index (κ3) is 4.80.